The summed E-state index contributed by atoms with van der Waals surface area (Å²) in [6, 6.07) is 11.5. The molecule has 0 fully saturated rings. The summed E-state index contributed by atoms with van der Waals surface area (Å²) in [5.41, 5.74) is 1.52. The fourth-order valence-corrected chi connectivity index (χ4v) is 4.67. The molecular weight excluding hydrogens is 412 g/mol. The van der Waals surface area contributed by atoms with Gasteiger partial charge in [-0.05, 0) is 51.1 Å². The van der Waals surface area contributed by atoms with Gasteiger partial charge >= 0.3 is 0 Å². The topological polar surface area (TPSA) is 75.7 Å². The van der Waals surface area contributed by atoms with Crippen LogP contribution in [0.5, 0.6) is 5.75 Å². The van der Waals surface area contributed by atoms with Gasteiger partial charge in [-0.1, -0.05) is 29.3 Å². The Morgan fingerprint density at radius 2 is 1.90 bits per heavy atom. The standard InChI is InChI=1S/C21H25ClN2O4S/c1-14-5-10-19-17(11-14)18(12-21(2,3)28-19)23-20(25)13-24(4)29(26,27)16-8-6-15(22)7-9-16/h5-11,18H,12-13H2,1-4H3,(H,23,25). The molecular formula is C21H25ClN2O4S. The van der Waals surface area contributed by atoms with Gasteiger partial charge in [0.25, 0.3) is 0 Å². The second-order valence-corrected chi connectivity index (χ2v) is 10.4. The lowest BCUT2D eigenvalue weighted by Gasteiger charge is -2.38. The molecule has 1 atom stereocenters. The first-order chi connectivity index (χ1) is 13.5. The Kier molecular flexibility index (Phi) is 5.94. The zero-order valence-corrected chi connectivity index (χ0v) is 18.5. The first-order valence-electron chi connectivity index (χ1n) is 9.29. The lowest BCUT2D eigenvalue weighted by atomic mass is 9.89. The zero-order chi connectivity index (χ0) is 21.4. The van der Waals surface area contributed by atoms with Gasteiger partial charge in [-0.25, -0.2) is 8.42 Å². The third kappa shape index (κ3) is 4.91. The molecule has 8 heteroatoms. The lowest BCUT2D eigenvalue weighted by Crippen LogP contribution is -2.44. The van der Waals surface area contributed by atoms with E-state index in [0.717, 1.165) is 21.2 Å². The number of hydrogen-bond acceptors (Lipinski definition) is 4. The Morgan fingerprint density at radius 3 is 2.55 bits per heavy atom. The molecule has 2 aromatic carbocycles. The van der Waals surface area contributed by atoms with E-state index in [9.17, 15) is 13.2 Å². The van der Waals surface area contributed by atoms with Crippen molar-refractivity contribution >= 4 is 27.5 Å². The molecule has 1 N–H and O–H groups in total. The summed E-state index contributed by atoms with van der Waals surface area (Å²) < 4.78 is 32.5. The Bertz CT molecular complexity index is 1020. The number of fused-ring (bicyclic) bond motifs is 1. The quantitative estimate of drug-likeness (QED) is 0.775. The molecule has 0 bridgehead atoms. The van der Waals surface area contributed by atoms with Crippen LogP contribution in [0.1, 0.15) is 37.4 Å². The average molecular weight is 437 g/mol. The largest absolute Gasteiger partial charge is 0.487 e. The van der Waals surface area contributed by atoms with E-state index in [0.29, 0.717) is 11.4 Å². The van der Waals surface area contributed by atoms with Gasteiger partial charge in [0.05, 0.1) is 17.5 Å². The van der Waals surface area contributed by atoms with Crippen molar-refractivity contribution in [3.63, 3.8) is 0 Å². The molecule has 1 aliphatic heterocycles. The molecule has 1 heterocycles. The first-order valence-corrected chi connectivity index (χ1v) is 11.1. The van der Waals surface area contributed by atoms with Crippen LogP contribution in [-0.2, 0) is 14.8 Å². The maximum Gasteiger partial charge on any atom is 0.243 e. The highest BCUT2D eigenvalue weighted by Crippen LogP contribution is 2.39. The highest BCUT2D eigenvalue weighted by atomic mass is 35.5. The molecule has 1 amide bonds. The monoisotopic (exact) mass is 436 g/mol. The fourth-order valence-electron chi connectivity index (χ4n) is 3.42. The number of carbonyl (C=O) groups excluding carboxylic acids is 1. The van der Waals surface area contributed by atoms with Gasteiger partial charge in [-0.2, -0.15) is 4.31 Å². The molecule has 1 unspecified atom stereocenters. The normalized spacial score (nSPS) is 18.1. The van der Waals surface area contributed by atoms with Crippen molar-refractivity contribution in [2.75, 3.05) is 13.6 Å². The summed E-state index contributed by atoms with van der Waals surface area (Å²) in [4.78, 5) is 12.8. The number of nitrogens with zero attached hydrogens (tertiary/aromatic N) is 1. The van der Waals surface area contributed by atoms with Crippen LogP contribution in [0.3, 0.4) is 0 Å². The highest BCUT2D eigenvalue weighted by Gasteiger charge is 2.35. The zero-order valence-electron chi connectivity index (χ0n) is 16.9. The SMILES string of the molecule is Cc1ccc2c(c1)C(NC(=O)CN(C)S(=O)(=O)c1ccc(Cl)cc1)CC(C)(C)O2. The third-order valence-corrected chi connectivity index (χ3v) is 6.92. The number of aryl methyl sites for hydroxylation is 1. The Labute approximate surface area is 176 Å². The van der Waals surface area contributed by atoms with Crippen molar-refractivity contribution < 1.29 is 17.9 Å². The summed E-state index contributed by atoms with van der Waals surface area (Å²) in [5, 5.41) is 3.42. The number of hydrogen-bond donors (Lipinski definition) is 1. The van der Waals surface area contributed by atoms with E-state index in [1.54, 1.807) is 0 Å². The van der Waals surface area contributed by atoms with Crippen LogP contribution in [0.4, 0.5) is 0 Å². The number of halogens is 1. The summed E-state index contributed by atoms with van der Waals surface area (Å²) in [5.74, 6) is 0.361. The van der Waals surface area contributed by atoms with Crippen LogP contribution < -0.4 is 10.1 Å². The Balaban J connectivity index is 1.75. The van der Waals surface area contributed by atoms with E-state index in [1.165, 1.54) is 31.3 Å². The third-order valence-electron chi connectivity index (χ3n) is 4.85. The van der Waals surface area contributed by atoms with Crippen LogP contribution in [0.15, 0.2) is 47.4 Å². The van der Waals surface area contributed by atoms with E-state index in [4.69, 9.17) is 16.3 Å². The van der Waals surface area contributed by atoms with Crippen molar-refractivity contribution in [1.29, 1.82) is 0 Å². The first kappa shape index (κ1) is 21.6. The number of ether oxygens (including phenoxy) is 1. The number of carbonyl (C=O) groups is 1. The molecule has 0 spiro atoms. The Hall–Kier alpha value is -2.09. The fraction of sp³-hybridized carbons (Fsp3) is 0.381. The van der Waals surface area contributed by atoms with E-state index in [2.05, 4.69) is 5.32 Å². The van der Waals surface area contributed by atoms with Crippen molar-refractivity contribution in [2.24, 2.45) is 0 Å². The van der Waals surface area contributed by atoms with Crippen LogP contribution in [0.2, 0.25) is 5.02 Å². The van der Waals surface area contributed by atoms with Gasteiger partial charge < -0.3 is 10.1 Å². The highest BCUT2D eigenvalue weighted by molar-refractivity contribution is 7.89. The molecule has 0 saturated carbocycles. The smallest absolute Gasteiger partial charge is 0.243 e. The Morgan fingerprint density at radius 1 is 1.24 bits per heavy atom. The number of nitrogens with one attached hydrogen (secondary N) is 1. The second kappa shape index (κ2) is 7.97. The van der Waals surface area contributed by atoms with Gasteiger partial charge in [0, 0.05) is 24.1 Å². The minimum atomic E-state index is -3.79. The predicted octanol–water partition coefficient (Wildman–Crippen LogP) is 3.69. The summed E-state index contributed by atoms with van der Waals surface area (Å²) in [7, 11) is -2.41. The van der Waals surface area contributed by atoms with Gasteiger partial charge in [0.1, 0.15) is 11.4 Å². The molecule has 29 heavy (non-hydrogen) atoms. The number of rotatable bonds is 5. The summed E-state index contributed by atoms with van der Waals surface area (Å²) >= 11 is 5.83. The number of sulfonamides is 1. The molecule has 1 aliphatic rings. The molecule has 0 aromatic heterocycles. The van der Waals surface area contributed by atoms with Crippen molar-refractivity contribution in [1.82, 2.24) is 9.62 Å². The molecule has 0 saturated heterocycles. The van der Waals surface area contributed by atoms with Gasteiger partial charge in [0.2, 0.25) is 15.9 Å². The maximum atomic E-state index is 12.7. The molecule has 6 nitrogen and oxygen atoms in total. The molecule has 156 valence electrons. The van der Waals surface area contributed by atoms with Crippen LogP contribution in [0, 0.1) is 6.92 Å². The van der Waals surface area contributed by atoms with E-state index >= 15 is 0 Å². The van der Waals surface area contributed by atoms with Crippen LogP contribution in [-0.4, -0.2) is 37.8 Å². The average Bonchev–Trinajstić information content (AvgIpc) is 2.62. The van der Waals surface area contributed by atoms with Crippen molar-refractivity contribution in [2.45, 2.75) is 43.7 Å². The minimum absolute atomic E-state index is 0.0883. The number of benzene rings is 2. The molecule has 0 aliphatic carbocycles. The predicted molar refractivity (Wildman–Crippen MR) is 113 cm³/mol. The number of likely N-dealkylation sites (N-methyl/N-ethyl adjacent to an activating group) is 1. The van der Waals surface area contributed by atoms with E-state index in [1.807, 2.05) is 39.0 Å². The minimum Gasteiger partial charge on any atom is -0.487 e. The van der Waals surface area contributed by atoms with Crippen molar-refractivity contribution in [3.05, 3.63) is 58.6 Å². The summed E-state index contributed by atoms with van der Waals surface area (Å²) in [6.07, 6.45) is 0.586. The molecule has 2 aromatic rings. The summed E-state index contributed by atoms with van der Waals surface area (Å²) in [6.45, 7) is 5.62. The molecule has 0 radical (unpaired) electrons. The van der Waals surface area contributed by atoms with Gasteiger partial charge in [-0.15, -0.1) is 0 Å². The van der Waals surface area contributed by atoms with Crippen LogP contribution >= 0.6 is 11.6 Å². The van der Waals surface area contributed by atoms with E-state index in [-0.39, 0.29) is 23.4 Å². The van der Waals surface area contributed by atoms with Gasteiger partial charge in [0.15, 0.2) is 0 Å². The van der Waals surface area contributed by atoms with Crippen molar-refractivity contribution in [3.8, 4) is 5.75 Å². The van der Waals surface area contributed by atoms with Crippen LogP contribution in [0.25, 0.3) is 0 Å². The van der Waals surface area contributed by atoms with Gasteiger partial charge in [-0.3, -0.25) is 4.79 Å². The second-order valence-electron chi connectivity index (χ2n) is 7.94. The molecule has 3 rings (SSSR count). The van der Waals surface area contributed by atoms with E-state index < -0.39 is 15.6 Å². The maximum absolute atomic E-state index is 12.7. The lowest BCUT2D eigenvalue weighted by molar-refractivity contribution is -0.122. The number of amides is 1.